The molecule has 1 aromatic heterocycles. The first-order chi connectivity index (χ1) is 8.01. The number of rotatable bonds is 4. The molecule has 6 heteroatoms. The Labute approximate surface area is 97.8 Å². The van der Waals surface area contributed by atoms with Crippen LogP contribution in [0.1, 0.15) is 28.9 Å². The van der Waals surface area contributed by atoms with Crippen molar-refractivity contribution in [3.63, 3.8) is 0 Å². The van der Waals surface area contributed by atoms with Gasteiger partial charge in [-0.25, -0.2) is 9.78 Å². The molecule has 1 heterocycles. The zero-order valence-corrected chi connectivity index (χ0v) is 9.14. The molecule has 0 saturated heterocycles. The average Bonchev–Trinajstić information content (AvgIpc) is 3.06. The maximum Gasteiger partial charge on any atom is 0.354 e. The van der Waals surface area contributed by atoms with Crippen LogP contribution in [-0.4, -0.2) is 27.5 Å². The molecular formula is C11H13N3O3. The summed E-state index contributed by atoms with van der Waals surface area (Å²) < 4.78 is 0. The largest absolute Gasteiger partial charge is 0.477 e. The smallest absolute Gasteiger partial charge is 0.354 e. The first-order valence-corrected chi connectivity index (χ1v) is 5.27. The summed E-state index contributed by atoms with van der Waals surface area (Å²) in [5.41, 5.74) is 5.75. The number of aromatic nitrogens is 1. The van der Waals surface area contributed by atoms with Crippen molar-refractivity contribution in [1.29, 1.82) is 0 Å². The number of aromatic carboxylic acids is 1. The second-order valence-corrected chi connectivity index (χ2v) is 4.20. The number of nitrogens with two attached hydrogens (primary N) is 1. The molecule has 0 aromatic carbocycles. The van der Waals surface area contributed by atoms with E-state index in [2.05, 4.69) is 10.3 Å². The fraction of sp³-hybridized carbons (Fsp3) is 0.364. The van der Waals surface area contributed by atoms with Gasteiger partial charge in [-0.3, -0.25) is 4.79 Å². The summed E-state index contributed by atoms with van der Waals surface area (Å²) in [5.74, 6) is -1.24. The number of carbonyl (C=O) groups is 2. The van der Waals surface area contributed by atoms with Crippen molar-refractivity contribution in [3.8, 4) is 0 Å². The number of nitrogens with zero attached hydrogens (tertiary/aromatic N) is 1. The molecule has 0 radical (unpaired) electrons. The van der Waals surface area contributed by atoms with Crippen LogP contribution in [0.15, 0.2) is 18.3 Å². The second kappa shape index (κ2) is 4.14. The summed E-state index contributed by atoms with van der Waals surface area (Å²) in [6.45, 7) is 0.310. The van der Waals surface area contributed by atoms with E-state index in [4.69, 9.17) is 10.8 Å². The molecule has 4 N–H and O–H groups in total. The number of carbonyl (C=O) groups excluding carboxylic acids is 1. The lowest BCUT2D eigenvalue weighted by atomic mass is 10.2. The first-order valence-electron chi connectivity index (χ1n) is 5.27. The molecule has 1 aromatic rings. The van der Waals surface area contributed by atoms with Gasteiger partial charge in [0.25, 0.3) is 0 Å². The van der Waals surface area contributed by atoms with E-state index in [1.165, 1.54) is 12.3 Å². The highest BCUT2D eigenvalue weighted by atomic mass is 16.4. The van der Waals surface area contributed by atoms with Crippen LogP contribution in [0.25, 0.3) is 0 Å². The summed E-state index contributed by atoms with van der Waals surface area (Å²) in [7, 11) is 0. The van der Waals surface area contributed by atoms with Crippen molar-refractivity contribution in [2.24, 2.45) is 5.73 Å². The van der Waals surface area contributed by atoms with Gasteiger partial charge >= 0.3 is 5.97 Å². The van der Waals surface area contributed by atoms with Crippen LogP contribution in [0, 0.1) is 0 Å². The third kappa shape index (κ3) is 2.59. The number of nitrogens with one attached hydrogen (secondary N) is 1. The van der Waals surface area contributed by atoms with Gasteiger partial charge in [0.15, 0.2) is 0 Å². The van der Waals surface area contributed by atoms with Gasteiger partial charge in [0.2, 0.25) is 5.91 Å². The van der Waals surface area contributed by atoms with Gasteiger partial charge < -0.3 is 16.2 Å². The normalized spacial score (nSPS) is 16.3. The Bertz CT molecular complexity index is 452. The van der Waals surface area contributed by atoms with Crippen molar-refractivity contribution < 1.29 is 14.7 Å². The second-order valence-electron chi connectivity index (χ2n) is 4.20. The number of hydrogen-bond acceptors (Lipinski definition) is 4. The predicted octanol–water partition coefficient (Wildman–Crippen LogP) is -0.113. The minimum absolute atomic E-state index is 0.0161. The minimum Gasteiger partial charge on any atom is -0.477 e. The van der Waals surface area contributed by atoms with E-state index in [0.29, 0.717) is 6.54 Å². The predicted molar refractivity (Wildman–Crippen MR) is 59.2 cm³/mol. The van der Waals surface area contributed by atoms with Crippen LogP contribution < -0.4 is 11.1 Å². The molecule has 0 spiro atoms. The molecule has 1 aliphatic rings. The fourth-order valence-electron chi connectivity index (χ4n) is 1.38. The molecule has 0 atom stereocenters. The molecule has 6 nitrogen and oxygen atoms in total. The highest BCUT2D eigenvalue weighted by molar-refractivity contribution is 5.89. The molecule has 1 saturated carbocycles. The maximum atomic E-state index is 11.5. The van der Waals surface area contributed by atoms with Gasteiger partial charge in [0.05, 0.1) is 5.54 Å². The van der Waals surface area contributed by atoms with Gasteiger partial charge in [-0.2, -0.15) is 0 Å². The molecule has 1 fully saturated rings. The van der Waals surface area contributed by atoms with Gasteiger partial charge in [-0.1, -0.05) is 6.07 Å². The van der Waals surface area contributed by atoms with Crippen molar-refractivity contribution in [1.82, 2.24) is 10.3 Å². The molecule has 17 heavy (non-hydrogen) atoms. The first kappa shape index (κ1) is 11.5. The lowest BCUT2D eigenvalue weighted by molar-refractivity contribution is -0.123. The Morgan fingerprint density at radius 3 is 2.65 bits per heavy atom. The third-order valence-electron chi connectivity index (χ3n) is 2.74. The van der Waals surface area contributed by atoms with E-state index in [0.717, 1.165) is 18.4 Å². The number of pyridine rings is 1. The Hall–Kier alpha value is -1.95. The Morgan fingerprint density at radius 1 is 1.47 bits per heavy atom. The van der Waals surface area contributed by atoms with E-state index in [1.807, 2.05) is 0 Å². The van der Waals surface area contributed by atoms with E-state index in [9.17, 15) is 9.59 Å². The van der Waals surface area contributed by atoms with Crippen molar-refractivity contribution in [2.45, 2.75) is 24.9 Å². The van der Waals surface area contributed by atoms with Crippen LogP contribution in [0.3, 0.4) is 0 Å². The van der Waals surface area contributed by atoms with Crippen LogP contribution in [0.2, 0.25) is 0 Å². The van der Waals surface area contributed by atoms with Crippen molar-refractivity contribution in [3.05, 3.63) is 29.6 Å². The number of carboxylic acid groups (broad SMARTS) is 1. The van der Waals surface area contributed by atoms with Gasteiger partial charge in [-0.05, 0) is 24.5 Å². The minimum atomic E-state index is -1.07. The van der Waals surface area contributed by atoms with E-state index in [-0.39, 0.29) is 11.6 Å². The SMILES string of the molecule is NC1(C(=O)NCc2ccc(C(=O)O)nc2)CC1. The fourth-order valence-corrected chi connectivity index (χ4v) is 1.38. The summed E-state index contributed by atoms with van der Waals surface area (Å²) in [6, 6.07) is 3.02. The van der Waals surface area contributed by atoms with Gasteiger partial charge in [0.1, 0.15) is 5.69 Å². The molecule has 0 bridgehead atoms. The van der Waals surface area contributed by atoms with E-state index in [1.54, 1.807) is 6.07 Å². The number of hydrogen-bond donors (Lipinski definition) is 3. The monoisotopic (exact) mass is 235 g/mol. The number of carboxylic acids is 1. The quantitative estimate of drug-likeness (QED) is 0.675. The average molecular weight is 235 g/mol. The van der Waals surface area contributed by atoms with Crippen LogP contribution in [0.5, 0.6) is 0 Å². The lowest BCUT2D eigenvalue weighted by Crippen LogP contribution is -2.42. The molecule has 0 unspecified atom stereocenters. The van der Waals surface area contributed by atoms with Crippen LogP contribution >= 0.6 is 0 Å². The molecule has 0 aliphatic heterocycles. The molecule has 90 valence electrons. The maximum absolute atomic E-state index is 11.5. The van der Waals surface area contributed by atoms with Crippen molar-refractivity contribution >= 4 is 11.9 Å². The van der Waals surface area contributed by atoms with Crippen LogP contribution in [0.4, 0.5) is 0 Å². The van der Waals surface area contributed by atoms with E-state index >= 15 is 0 Å². The lowest BCUT2D eigenvalue weighted by Gasteiger charge is -2.09. The summed E-state index contributed by atoms with van der Waals surface area (Å²) >= 11 is 0. The molecular weight excluding hydrogens is 222 g/mol. The third-order valence-corrected chi connectivity index (χ3v) is 2.74. The van der Waals surface area contributed by atoms with E-state index < -0.39 is 11.5 Å². The Kier molecular flexibility index (Phi) is 2.81. The zero-order valence-electron chi connectivity index (χ0n) is 9.14. The van der Waals surface area contributed by atoms with Gasteiger partial charge in [-0.15, -0.1) is 0 Å². The highest BCUT2D eigenvalue weighted by Crippen LogP contribution is 2.32. The summed E-state index contributed by atoms with van der Waals surface area (Å²) in [5, 5.41) is 11.4. The Morgan fingerprint density at radius 2 is 2.18 bits per heavy atom. The highest BCUT2D eigenvalue weighted by Gasteiger charge is 2.45. The molecule has 1 amide bonds. The molecule has 2 rings (SSSR count). The zero-order chi connectivity index (χ0) is 12.5. The summed E-state index contributed by atoms with van der Waals surface area (Å²) in [4.78, 5) is 25.8. The molecule has 1 aliphatic carbocycles. The summed E-state index contributed by atoms with van der Waals surface area (Å²) in [6.07, 6.45) is 2.86. The topological polar surface area (TPSA) is 105 Å². The Balaban J connectivity index is 1.91. The van der Waals surface area contributed by atoms with Gasteiger partial charge in [0, 0.05) is 12.7 Å². The number of amides is 1. The van der Waals surface area contributed by atoms with Crippen LogP contribution in [-0.2, 0) is 11.3 Å². The van der Waals surface area contributed by atoms with Crippen molar-refractivity contribution in [2.75, 3.05) is 0 Å². The standard InChI is InChI=1S/C11H13N3O3/c12-11(3-4-11)10(17)14-6-7-1-2-8(9(15)16)13-5-7/h1-2,5H,3-4,6,12H2,(H,14,17)(H,15,16).